The van der Waals surface area contributed by atoms with Gasteiger partial charge in [0.1, 0.15) is 17.3 Å². The maximum atomic E-state index is 6.60. The second kappa shape index (κ2) is 13.4. The van der Waals surface area contributed by atoms with Crippen molar-refractivity contribution in [2.24, 2.45) is 0 Å². The highest BCUT2D eigenvalue weighted by atomic mass is 16.5. The van der Waals surface area contributed by atoms with Crippen molar-refractivity contribution in [2.75, 3.05) is 0 Å². The van der Waals surface area contributed by atoms with E-state index in [2.05, 4.69) is 131 Å². The molecule has 0 aliphatic heterocycles. The molecule has 3 heterocycles. The van der Waals surface area contributed by atoms with E-state index in [4.69, 9.17) is 14.8 Å². The summed E-state index contributed by atoms with van der Waals surface area (Å²) in [5, 5.41) is 7.37. The van der Waals surface area contributed by atoms with Gasteiger partial charge in [0.2, 0.25) is 0 Å². The Morgan fingerprint density at radius 1 is 0.714 bits per heavy atom. The van der Waals surface area contributed by atoms with Gasteiger partial charge in [-0.15, -0.1) is 0 Å². The molecule has 0 unspecified atom stereocenters. The number of benzene rings is 4. The Labute approximate surface area is 290 Å². The second-order valence-corrected chi connectivity index (χ2v) is 14.3. The molecule has 0 aliphatic rings. The number of aromatic nitrogens is 4. The highest BCUT2D eigenvalue weighted by Gasteiger charge is 2.19. The fourth-order valence-corrected chi connectivity index (χ4v) is 7.01. The number of aryl methyl sites for hydroxylation is 2. The summed E-state index contributed by atoms with van der Waals surface area (Å²) in [6.07, 6.45) is 8.06. The first-order valence-electron chi connectivity index (χ1n) is 17.6. The molecule has 0 spiro atoms. The topological polar surface area (TPSA) is 44.9 Å². The van der Waals surface area contributed by atoms with Gasteiger partial charge in [-0.25, -0.2) is 9.67 Å². The molecule has 5 nitrogen and oxygen atoms in total. The predicted octanol–water partition coefficient (Wildman–Crippen LogP) is 11.9. The SMILES string of the molecule is CCCCCCc1ccc2c(c1)c1ccc(Oc3cccc(-n4nc(C)c(-c5ccccc5)c4C)c3)cc1n2-c1cc(C(C)(C)C)ccn1. The molecule has 0 atom stereocenters. The average Bonchev–Trinajstić information content (AvgIpc) is 3.59. The molecule has 0 N–H and O–H groups in total. The van der Waals surface area contributed by atoms with Crippen molar-refractivity contribution >= 4 is 21.8 Å². The van der Waals surface area contributed by atoms with Crippen LogP contribution in [0.3, 0.4) is 0 Å². The predicted molar refractivity (Wildman–Crippen MR) is 204 cm³/mol. The van der Waals surface area contributed by atoms with E-state index in [1.165, 1.54) is 58.7 Å². The molecular formula is C44H46N4O. The molecule has 3 aromatic heterocycles. The average molecular weight is 647 g/mol. The fraction of sp³-hybridized carbons (Fsp3) is 0.273. The molecule has 0 fully saturated rings. The van der Waals surface area contributed by atoms with Gasteiger partial charge >= 0.3 is 0 Å². The van der Waals surface area contributed by atoms with Gasteiger partial charge in [-0.05, 0) is 97.3 Å². The third kappa shape index (κ3) is 6.50. The Kier molecular flexibility index (Phi) is 8.85. The standard InChI is InChI=1S/C44H46N4O/c1-7-8-9-11-15-32-20-23-40-39(26-32)38-22-21-37(29-41(38)47(40)42-27-34(24-25-45-42)44(4,5)6)49-36-19-14-18-35(28-36)48-31(3)43(30(2)46-48)33-16-12-10-13-17-33/h10,12-14,16-29H,7-9,11,15H2,1-6H3. The lowest BCUT2D eigenvalue weighted by Gasteiger charge is -2.20. The van der Waals surface area contributed by atoms with Crippen LogP contribution in [-0.2, 0) is 11.8 Å². The lowest BCUT2D eigenvalue weighted by Crippen LogP contribution is -2.12. The largest absolute Gasteiger partial charge is 0.457 e. The number of ether oxygens (including phenoxy) is 1. The van der Waals surface area contributed by atoms with Crippen molar-refractivity contribution < 1.29 is 4.74 Å². The van der Waals surface area contributed by atoms with Gasteiger partial charge in [0.25, 0.3) is 0 Å². The molecule has 0 bridgehead atoms. The van der Waals surface area contributed by atoms with E-state index >= 15 is 0 Å². The maximum Gasteiger partial charge on any atom is 0.137 e. The minimum atomic E-state index is 0.00866. The summed E-state index contributed by atoms with van der Waals surface area (Å²) in [5.74, 6) is 2.45. The molecule has 0 radical (unpaired) electrons. The van der Waals surface area contributed by atoms with Crippen LogP contribution in [0.5, 0.6) is 11.5 Å². The van der Waals surface area contributed by atoms with Gasteiger partial charge < -0.3 is 4.74 Å². The Morgan fingerprint density at radius 3 is 2.33 bits per heavy atom. The molecule has 0 aliphatic carbocycles. The second-order valence-electron chi connectivity index (χ2n) is 14.3. The summed E-state index contributed by atoms with van der Waals surface area (Å²) >= 11 is 0. The van der Waals surface area contributed by atoms with E-state index in [0.29, 0.717) is 0 Å². The van der Waals surface area contributed by atoms with Gasteiger partial charge in [-0.2, -0.15) is 5.10 Å². The summed E-state index contributed by atoms with van der Waals surface area (Å²) in [5.41, 5.74) is 10.3. The molecule has 7 rings (SSSR count). The monoisotopic (exact) mass is 646 g/mol. The number of pyridine rings is 1. The van der Waals surface area contributed by atoms with Crippen LogP contribution < -0.4 is 4.74 Å². The Bertz CT molecular complexity index is 2250. The molecular weight excluding hydrogens is 601 g/mol. The smallest absolute Gasteiger partial charge is 0.137 e. The fourth-order valence-electron chi connectivity index (χ4n) is 7.01. The van der Waals surface area contributed by atoms with Crippen LogP contribution in [0.15, 0.2) is 109 Å². The number of hydrogen-bond acceptors (Lipinski definition) is 3. The van der Waals surface area contributed by atoms with Crippen molar-refractivity contribution in [1.29, 1.82) is 0 Å². The molecule has 4 aromatic carbocycles. The molecule has 0 saturated heterocycles. The van der Waals surface area contributed by atoms with Gasteiger partial charge in [0.05, 0.1) is 22.4 Å². The summed E-state index contributed by atoms with van der Waals surface area (Å²) in [4.78, 5) is 4.90. The van der Waals surface area contributed by atoms with Crippen molar-refractivity contribution in [3.63, 3.8) is 0 Å². The van der Waals surface area contributed by atoms with Gasteiger partial charge in [0.15, 0.2) is 0 Å². The molecule has 0 saturated carbocycles. The van der Waals surface area contributed by atoms with E-state index in [1.54, 1.807) is 0 Å². The number of hydrogen-bond donors (Lipinski definition) is 0. The minimum Gasteiger partial charge on any atom is -0.457 e. The lowest BCUT2D eigenvalue weighted by atomic mass is 9.88. The van der Waals surface area contributed by atoms with Crippen molar-refractivity contribution in [3.05, 3.63) is 132 Å². The quantitative estimate of drug-likeness (QED) is 0.139. The Balaban J connectivity index is 1.28. The third-order valence-electron chi connectivity index (χ3n) is 9.61. The molecule has 7 aromatic rings. The van der Waals surface area contributed by atoms with Crippen LogP contribution in [0.1, 0.15) is 75.9 Å². The van der Waals surface area contributed by atoms with Gasteiger partial charge in [-0.1, -0.05) is 89.4 Å². The van der Waals surface area contributed by atoms with Crippen LogP contribution in [0.25, 0.3) is 44.4 Å². The molecule has 49 heavy (non-hydrogen) atoms. The van der Waals surface area contributed by atoms with E-state index in [9.17, 15) is 0 Å². The Hall–Kier alpha value is -5.16. The van der Waals surface area contributed by atoms with Crippen molar-refractivity contribution in [1.82, 2.24) is 19.3 Å². The maximum absolute atomic E-state index is 6.60. The highest BCUT2D eigenvalue weighted by molar-refractivity contribution is 6.09. The van der Waals surface area contributed by atoms with Gasteiger partial charge in [0, 0.05) is 40.4 Å². The first-order valence-corrected chi connectivity index (χ1v) is 17.6. The summed E-state index contributed by atoms with van der Waals surface area (Å²) in [7, 11) is 0. The van der Waals surface area contributed by atoms with E-state index in [0.717, 1.165) is 51.8 Å². The summed E-state index contributed by atoms with van der Waals surface area (Å²) in [6.45, 7) is 13.2. The van der Waals surface area contributed by atoms with Crippen LogP contribution >= 0.6 is 0 Å². The normalized spacial score (nSPS) is 11.9. The Morgan fingerprint density at radius 2 is 1.53 bits per heavy atom. The summed E-state index contributed by atoms with van der Waals surface area (Å²) in [6, 6.07) is 36.4. The van der Waals surface area contributed by atoms with E-state index < -0.39 is 0 Å². The minimum absolute atomic E-state index is 0.00866. The zero-order valence-electron chi connectivity index (χ0n) is 29.6. The third-order valence-corrected chi connectivity index (χ3v) is 9.61. The molecule has 248 valence electrons. The number of rotatable bonds is 10. The van der Waals surface area contributed by atoms with E-state index in [1.807, 2.05) is 29.1 Å². The zero-order valence-corrected chi connectivity index (χ0v) is 29.6. The van der Waals surface area contributed by atoms with Crippen molar-refractivity contribution in [3.8, 4) is 34.1 Å². The highest BCUT2D eigenvalue weighted by Crippen LogP contribution is 2.37. The number of nitrogens with zero attached hydrogens (tertiary/aromatic N) is 4. The van der Waals surface area contributed by atoms with Gasteiger partial charge in [-0.3, -0.25) is 4.57 Å². The van der Waals surface area contributed by atoms with Crippen molar-refractivity contribution in [2.45, 2.75) is 79.1 Å². The van der Waals surface area contributed by atoms with Crippen LogP contribution in [0, 0.1) is 13.8 Å². The molecule has 0 amide bonds. The van der Waals surface area contributed by atoms with Crippen LogP contribution in [0.2, 0.25) is 0 Å². The van der Waals surface area contributed by atoms with Crippen LogP contribution in [-0.4, -0.2) is 19.3 Å². The first kappa shape index (κ1) is 32.4. The summed E-state index contributed by atoms with van der Waals surface area (Å²) < 4.78 is 10.9. The molecule has 5 heteroatoms. The zero-order chi connectivity index (χ0) is 34.1. The van der Waals surface area contributed by atoms with E-state index in [-0.39, 0.29) is 5.41 Å². The number of unbranched alkanes of at least 4 members (excludes halogenated alkanes) is 3. The number of fused-ring (bicyclic) bond motifs is 3. The first-order chi connectivity index (χ1) is 23.7. The van der Waals surface area contributed by atoms with Crippen LogP contribution in [0.4, 0.5) is 0 Å². The lowest BCUT2D eigenvalue weighted by molar-refractivity contribution is 0.482.